The SMILES string of the molecule is CS/C(C)=C(/C)SC. The van der Waals surface area contributed by atoms with Crippen molar-refractivity contribution >= 4 is 23.5 Å². The zero-order chi connectivity index (χ0) is 6.57. The third-order valence-electron chi connectivity index (χ3n) is 1.11. The van der Waals surface area contributed by atoms with Crippen LogP contribution < -0.4 is 0 Å². The second kappa shape index (κ2) is 4.33. The Hall–Kier alpha value is 0.440. The van der Waals surface area contributed by atoms with Gasteiger partial charge in [0.05, 0.1) is 0 Å². The Morgan fingerprint density at radius 3 is 1.25 bits per heavy atom. The van der Waals surface area contributed by atoms with Gasteiger partial charge in [-0.05, 0) is 36.2 Å². The van der Waals surface area contributed by atoms with Gasteiger partial charge in [0.1, 0.15) is 0 Å². The fourth-order valence-electron chi connectivity index (χ4n) is 0.287. The number of thioether (sulfide) groups is 2. The van der Waals surface area contributed by atoms with Crippen molar-refractivity contribution in [2.75, 3.05) is 12.5 Å². The smallest absolute Gasteiger partial charge is 0.00940 e. The van der Waals surface area contributed by atoms with Crippen molar-refractivity contribution in [3.63, 3.8) is 0 Å². The standard InChI is InChI=1S/C6H12S2/c1-5(7-3)6(2)8-4/h1-4H3/b6-5-. The molecule has 0 saturated carbocycles. The lowest BCUT2D eigenvalue weighted by atomic mass is 10.6. The average Bonchev–Trinajstić information content (AvgIpc) is 1.84. The summed E-state index contributed by atoms with van der Waals surface area (Å²) in [6.07, 6.45) is 4.21. The predicted octanol–water partition coefficient (Wildman–Crippen LogP) is 2.96. The number of allylic oxidation sites excluding steroid dienone is 2. The van der Waals surface area contributed by atoms with E-state index in [-0.39, 0.29) is 0 Å². The number of rotatable bonds is 2. The molecule has 0 nitrogen and oxygen atoms in total. The van der Waals surface area contributed by atoms with Gasteiger partial charge in [0.25, 0.3) is 0 Å². The van der Waals surface area contributed by atoms with Gasteiger partial charge >= 0.3 is 0 Å². The quantitative estimate of drug-likeness (QED) is 0.590. The van der Waals surface area contributed by atoms with Gasteiger partial charge in [0, 0.05) is 0 Å². The molecule has 48 valence electrons. The van der Waals surface area contributed by atoms with Crippen molar-refractivity contribution < 1.29 is 0 Å². The molecule has 0 aromatic heterocycles. The van der Waals surface area contributed by atoms with Crippen molar-refractivity contribution in [2.24, 2.45) is 0 Å². The first-order chi connectivity index (χ1) is 3.72. The molecule has 0 aliphatic heterocycles. The fourth-order valence-corrected chi connectivity index (χ4v) is 1.36. The summed E-state index contributed by atoms with van der Waals surface area (Å²) in [6, 6.07) is 0. The predicted molar refractivity (Wildman–Crippen MR) is 45.4 cm³/mol. The van der Waals surface area contributed by atoms with Crippen molar-refractivity contribution in [3.05, 3.63) is 9.81 Å². The first-order valence-corrected chi connectivity index (χ1v) is 4.92. The van der Waals surface area contributed by atoms with E-state index in [9.17, 15) is 0 Å². The third kappa shape index (κ3) is 2.68. The molecule has 0 saturated heterocycles. The molecule has 0 N–H and O–H groups in total. The third-order valence-corrected chi connectivity index (χ3v) is 3.07. The van der Waals surface area contributed by atoms with E-state index >= 15 is 0 Å². The first kappa shape index (κ1) is 8.44. The highest BCUT2D eigenvalue weighted by molar-refractivity contribution is 8.06. The van der Waals surface area contributed by atoms with Crippen LogP contribution in [0.5, 0.6) is 0 Å². The fraction of sp³-hybridized carbons (Fsp3) is 0.667. The Kier molecular flexibility index (Phi) is 4.57. The molecule has 0 radical (unpaired) electrons. The molecule has 0 rings (SSSR count). The monoisotopic (exact) mass is 148 g/mol. The summed E-state index contributed by atoms with van der Waals surface area (Å²) in [5.41, 5.74) is 0. The highest BCUT2D eigenvalue weighted by atomic mass is 32.2. The Labute approximate surface area is 60.1 Å². The molecule has 0 unspecified atom stereocenters. The van der Waals surface area contributed by atoms with E-state index < -0.39 is 0 Å². The molecule has 0 aliphatic rings. The average molecular weight is 148 g/mol. The van der Waals surface area contributed by atoms with Crippen LogP contribution in [-0.2, 0) is 0 Å². The van der Waals surface area contributed by atoms with Gasteiger partial charge in [0.2, 0.25) is 0 Å². The molecule has 0 aromatic rings. The maximum Gasteiger partial charge on any atom is -0.00940 e. The molecule has 0 bridgehead atoms. The first-order valence-electron chi connectivity index (χ1n) is 2.47. The highest BCUT2D eigenvalue weighted by Gasteiger charge is 1.89. The molecule has 0 fully saturated rings. The second-order valence-corrected chi connectivity index (χ2v) is 3.56. The minimum atomic E-state index is 1.43. The summed E-state index contributed by atoms with van der Waals surface area (Å²) in [4.78, 5) is 2.86. The van der Waals surface area contributed by atoms with Crippen LogP contribution in [-0.4, -0.2) is 12.5 Å². The van der Waals surface area contributed by atoms with Crippen molar-refractivity contribution in [3.8, 4) is 0 Å². The lowest BCUT2D eigenvalue weighted by Crippen LogP contribution is -1.69. The Bertz CT molecular complexity index is 82.7. The van der Waals surface area contributed by atoms with E-state index in [0.717, 1.165) is 0 Å². The summed E-state index contributed by atoms with van der Waals surface area (Å²) < 4.78 is 0. The molecule has 2 heteroatoms. The summed E-state index contributed by atoms with van der Waals surface area (Å²) in [7, 11) is 0. The van der Waals surface area contributed by atoms with E-state index in [4.69, 9.17) is 0 Å². The summed E-state index contributed by atoms with van der Waals surface area (Å²) in [5, 5.41) is 0. The van der Waals surface area contributed by atoms with Gasteiger partial charge in [-0.2, -0.15) is 0 Å². The minimum Gasteiger partial charge on any atom is -0.134 e. The topological polar surface area (TPSA) is 0 Å². The van der Waals surface area contributed by atoms with E-state index in [2.05, 4.69) is 26.4 Å². The van der Waals surface area contributed by atoms with Crippen LogP contribution >= 0.6 is 23.5 Å². The Morgan fingerprint density at radius 1 is 0.875 bits per heavy atom. The summed E-state index contributed by atoms with van der Waals surface area (Å²) in [6.45, 7) is 4.30. The Morgan fingerprint density at radius 2 is 1.12 bits per heavy atom. The molecule has 0 atom stereocenters. The zero-order valence-corrected chi connectivity index (χ0v) is 7.45. The van der Waals surface area contributed by atoms with Crippen molar-refractivity contribution in [1.29, 1.82) is 0 Å². The van der Waals surface area contributed by atoms with Crippen molar-refractivity contribution in [1.82, 2.24) is 0 Å². The van der Waals surface area contributed by atoms with Crippen LogP contribution in [0.25, 0.3) is 0 Å². The van der Waals surface area contributed by atoms with E-state index in [1.54, 1.807) is 0 Å². The molecular formula is C6H12S2. The number of hydrogen-bond donors (Lipinski definition) is 0. The van der Waals surface area contributed by atoms with Crippen LogP contribution in [0.15, 0.2) is 9.81 Å². The second-order valence-electron chi connectivity index (χ2n) is 1.52. The van der Waals surface area contributed by atoms with Crippen LogP contribution in [0, 0.1) is 0 Å². The van der Waals surface area contributed by atoms with Crippen LogP contribution in [0.1, 0.15) is 13.8 Å². The van der Waals surface area contributed by atoms with E-state index in [1.807, 2.05) is 23.5 Å². The number of hydrogen-bond acceptors (Lipinski definition) is 2. The van der Waals surface area contributed by atoms with Gasteiger partial charge in [0.15, 0.2) is 0 Å². The minimum absolute atomic E-state index is 1.43. The van der Waals surface area contributed by atoms with Gasteiger partial charge in [-0.15, -0.1) is 23.5 Å². The van der Waals surface area contributed by atoms with Crippen LogP contribution in [0.2, 0.25) is 0 Å². The molecular weight excluding hydrogens is 136 g/mol. The van der Waals surface area contributed by atoms with Crippen molar-refractivity contribution in [2.45, 2.75) is 13.8 Å². The lowest BCUT2D eigenvalue weighted by molar-refractivity contribution is 1.56. The van der Waals surface area contributed by atoms with Gasteiger partial charge in [-0.1, -0.05) is 0 Å². The molecule has 0 aromatic carbocycles. The maximum absolute atomic E-state index is 2.15. The summed E-state index contributed by atoms with van der Waals surface area (Å²) >= 11 is 3.63. The highest BCUT2D eigenvalue weighted by Crippen LogP contribution is 2.22. The van der Waals surface area contributed by atoms with Crippen LogP contribution in [0.4, 0.5) is 0 Å². The van der Waals surface area contributed by atoms with E-state index in [0.29, 0.717) is 0 Å². The van der Waals surface area contributed by atoms with Gasteiger partial charge < -0.3 is 0 Å². The largest absolute Gasteiger partial charge is 0.134 e. The molecule has 0 heterocycles. The van der Waals surface area contributed by atoms with Gasteiger partial charge in [-0.3, -0.25) is 0 Å². The van der Waals surface area contributed by atoms with E-state index in [1.165, 1.54) is 9.81 Å². The molecule has 0 spiro atoms. The normalized spacial score (nSPS) is 13.5. The molecule has 8 heavy (non-hydrogen) atoms. The molecule has 0 amide bonds. The zero-order valence-electron chi connectivity index (χ0n) is 5.82. The van der Waals surface area contributed by atoms with Gasteiger partial charge in [-0.25, -0.2) is 0 Å². The lowest BCUT2D eigenvalue weighted by Gasteiger charge is -1.98. The Balaban J connectivity index is 3.83. The maximum atomic E-state index is 2.15. The van der Waals surface area contributed by atoms with Crippen LogP contribution in [0.3, 0.4) is 0 Å². The summed E-state index contributed by atoms with van der Waals surface area (Å²) in [5.74, 6) is 0. The molecule has 0 aliphatic carbocycles.